The molecule has 140 valence electrons. The molecule has 27 heavy (non-hydrogen) atoms. The van der Waals surface area contributed by atoms with Crippen molar-refractivity contribution < 1.29 is 0 Å². The van der Waals surface area contributed by atoms with Crippen LogP contribution in [0.5, 0.6) is 0 Å². The van der Waals surface area contributed by atoms with E-state index < -0.39 is 16.1 Å². The normalized spacial score (nSPS) is 12.3. The van der Waals surface area contributed by atoms with Crippen LogP contribution in [0.3, 0.4) is 0 Å². The summed E-state index contributed by atoms with van der Waals surface area (Å²) >= 11 is 0. The highest BCUT2D eigenvalue weighted by Crippen LogP contribution is 2.37. The van der Waals surface area contributed by atoms with Crippen molar-refractivity contribution in [1.82, 2.24) is 0 Å². The summed E-state index contributed by atoms with van der Waals surface area (Å²) in [6, 6.07) is 24.6. The van der Waals surface area contributed by atoms with E-state index in [1.54, 1.807) is 9.84 Å². The minimum absolute atomic E-state index is 0.269. The van der Waals surface area contributed by atoms with Gasteiger partial charge in [0, 0.05) is 11.1 Å². The van der Waals surface area contributed by atoms with E-state index in [2.05, 4.69) is 113 Å². The van der Waals surface area contributed by atoms with Crippen LogP contribution in [-0.4, -0.2) is 16.1 Å². The Hall–Kier alpha value is -1.48. The molecule has 3 heteroatoms. The van der Waals surface area contributed by atoms with Crippen LogP contribution < -0.4 is 9.84 Å². The third kappa shape index (κ3) is 4.19. The van der Waals surface area contributed by atoms with E-state index in [-0.39, 0.29) is 7.53 Å². The van der Waals surface area contributed by atoms with Crippen molar-refractivity contribution in [2.45, 2.75) is 39.3 Å². The van der Waals surface area contributed by atoms with Gasteiger partial charge in [0.2, 0.25) is 0 Å². The van der Waals surface area contributed by atoms with E-state index in [1.807, 2.05) is 0 Å². The second kappa shape index (κ2) is 7.50. The fourth-order valence-corrected chi connectivity index (χ4v) is 16.7. The molecule has 0 aliphatic carbocycles. The molecular weight excluding hydrogens is 375 g/mol. The first-order valence-electron chi connectivity index (χ1n) is 9.79. The Balaban J connectivity index is 2.46. The average Bonchev–Trinajstić information content (AvgIpc) is 2.60. The number of rotatable bonds is 4. The Morgan fingerprint density at radius 2 is 0.889 bits per heavy atom. The molecule has 0 aliphatic heterocycles. The van der Waals surface area contributed by atoms with Gasteiger partial charge in [0.05, 0.1) is 0 Å². The van der Waals surface area contributed by atoms with Crippen molar-refractivity contribution >= 4 is 33.5 Å². The fraction of sp³-hybridized carbons (Fsp3) is 0.292. The molecule has 3 aromatic rings. The van der Waals surface area contributed by atoms with E-state index in [0.717, 1.165) is 0 Å². The molecule has 0 saturated heterocycles. The van der Waals surface area contributed by atoms with Crippen LogP contribution in [0.2, 0.25) is 39.3 Å². The van der Waals surface area contributed by atoms with Gasteiger partial charge < -0.3 is 0 Å². The molecule has 0 atom stereocenters. The molecule has 0 radical (unpaired) electrons. The van der Waals surface area contributed by atoms with Crippen molar-refractivity contribution in [2.24, 2.45) is 6.66 Å². The van der Waals surface area contributed by atoms with Gasteiger partial charge in [0.25, 0.3) is 0 Å². The smallest absolute Gasteiger partial charge is 0.0622 e. The Kier molecular flexibility index (Phi) is 5.63. The highest BCUT2D eigenvalue weighted by molar-refractivity contribution is 7.63. The standard InChI is InChI=1S/C24H32PSi2/c1-25-23(26(2,3)4)21(19-14-10-8-11-15-19)18-22(24(25)27(5,6)7)20-16-12-9-13-17-20/h8-18H,1-7H3/q+1. The summed E-state index contributed by atoms with van der Waals surface area (Å²) in [5, 5.41) is 0. The second-order valence-electron chi connectivity index (χ2n) is 9.46. The molecule has 0 unspecified atom stereocenters. The van der Waals surface area contributed by atoms with E-state index in [9.17, 15) is 0 Å². The van der Waals surface area contributed by atoms with Gasteiger partial charge in [-0.3, -0.25) is 0 Å². The molecule has 0 spiro atoms. The van der Waals surface area contributed by atoms with E-state index in [4.69, 9.17) is 0 Å². The van der Waals surface area contributed by atoms with Crippen LogP contribution in [0, 0.1) is 0 Å². The first-order valence-corrected chi connectivity index (χ1v) is 18.6. The molecule has 0 N–H and O–H groups in total. The van der Waals surface area contributed by atoms with Crippen LogP contribution in [0.25, 0.3) is 22.3 Å². The lowest BCUT2D eigenvalue weighted by molar-refractivity contribution is 1.62. The van der Waals surface area contributed by atoms with Gasteiger partial charge in [-0.25, -0.2) is 0 Å². The topological polar surface area (TPSA) is 0 Å². The quantitative estimate of drug-likeness (QED) is 0.412. The lowest BCUT2D eigenvalue weighted by atomic mass is 10.0. The summed E-state index contributed by atoms with van der Waals surface area (Å²) in [4.78, 5) is 3.56. The van der Waals surface area contributed by atoms with Gasteiger partial charge in [-0.1, -0.05) is 99.9 Å². The predicted octanol–water partition coefficient (Wildman–Crippen LogP) is 6.92. The Labute approximate surface area is 168 Å². The maximum atomic E-state index is 2.54. The van der Waals surface area contributed by atoms with Crippen LogP contribution in [-0.2, 0) is 6.66 Å². The molecule has 1 aromatic heterocycles. The maximum Gasteiger partial charge on any atom is 0.133 e. The third-order valence-electron chi connectivity index (χ3n) is 5.06. The van der Waals surface area contributed by atoms with Crippen molar-refractivity contribution in [3.63, 3.8) is 0 Å². The average molecular weight is 408 g/mol. The zero-order valence-electron chi connectivity index (χ0n) is 17.8. The molecule has 3 rings (SSSR count). The first kappa shape index (κ1) is 20.3. The summed E-state index contributed by atoms with van der Waals surface area (Å²) in [7, 11) is -3.17. The fourth-order valence-electron chi connectivity index (χ4n) is 4.24. The van der Waals surface area contributed by atoms with Gasteiger partial charge in [0.15, 0.2) is 0 Å². The summed E-state index contributed by atoms with van der Waals surface area (Å²) in [5.74, 6) is 0. The van der Waals surface area contributed by atoms with Crippen LogP contribution in [0.4, 0.5) is 0 Å². The highest BCUT2D eigenvalue weighted by atomic mass is 31.1. The van der Waals surface area contributed by atoms with Gasteiger partial charge >= 0.3 is 0 Å². The minimum atomic E-state index is -1.45. The lowest BCUT2D eigenvalue weighted by Crippen LogP contribution is -2.45. The number of hydrogen-bond acceptors (Lipinski definition) is 0. The molecular formula is C24H32PSi2+. The van der Waals surface area contributed by atoms with Gasteiger partial charge in [0.1, 0.15) is 40.2 Å². The molecule has 0 amide bonds. The number of hydrogen-bond donors (Lipinski definition) is 0. The monoisotopic (exact) mass is 407 g/mol. The SMILES string of the molecule is C[p+]1c([Si](C)(C)C)c(-c2ccccc2)cc(-c2ccccc2)c1[Si](C)(C)C. The summed E-state index contributed by atoms with van der Waals surface area (Å²) < 4.78 is 0. The molecule has 0 bridgehead atoms. The first-order chi connectivity index (χ1) is 12.6. The van der Waals surface area contributed by atoms with E-state index in [0.29, 0.717) is 0 Å². The molecule has 0 fully saturated rings. The summed E-state index contributed by atoms with van der Waals surface area (Å²) in [6.07, 6.45) is 0. The van der Waals surface area contributed by atoms with Crippen molar-refractivity contribution in [1.29, 1.82) is 0 Å². The molecule has 0 aliphatic rings. The van der Waals surface area contributed by atoms with Gasteiger partial charge in [-0.15, -0.1) is 0 Å². The zero-order chi connectivity index (χ0) is 19.8. The predicted molar refractivity (Wildman–Crippen MR) is 131 cm³/mol. The molecule has 1 heterocycles. The largest absolute Gasteiger partial charge is 0.133 e. The number of benzene rings is 2. The second-order valence-corrected chi connectivity index (χ2v) is 22.3. The minimum Gasteiger partial charge on any atom is -0.0622 e. The van der Waals surface area contributed by atoms with Gasteiger partial charge in [-0.2, -0.15) is 0 Å². The Morgan fingerprint density at radius 1 is 0.556 bits per heavy atom. The molecule has 0 nitrogen and oxygen atoms in total. The van der Waals surface area contributed by atoms with Crippen LogP contribution in [0.15, 0.2) is 66.7 Å². The van der Waals surface area contributed by atoms with Crippen molar-refractivity contribution in [3.8, 4) is 22.3 Å². The Morgan fingerprint density at radius 3 is 1.19 bits per heavy atom. The third-order valence-corrected chi connectivity index (χ3v) is 16.3. The van der Waals surface area contributed by atoms with Crippen molar-refractivity contribution in [3.05, 3.63) is 66.7 Å². The van der Waals surface area contributed by atoms with E-state index >= 15 is 0 Å². The summed E-state index contributed by atoms with van der Waals surface area (Å²) in [6.45, 7) is 17.7. The molecule has 2 aromatic carbocycles. The van der Waals surface area contributed by atoms with Crippen LogP contribution in [0.1, 0.15) is 0 Å². The highest BCUT2D eigenvalue weighted by Gasteiger charge is 2.39. The van der Waals surface area contributed by atoms with Gasteiger partial charge in [-0.05, 0) is 17.2 Å². The lowest BCUT2D eigenvalue weighted by Gasteiger charge is -2.24. The summed E-state index contributed by atoms with van der Waals surface area (Å²) in [5.41, 5.74) is 5.77. The Bertz CT molecular complexity index is 858. The van der Waals surface area contributed by atoms with Crippen molar-refractivity contribution in [2.75, 3.05) is 0 Å². The van der Waals surface area contributed by atoms with Crippen LogP contribution >= 0.6 is 7.53 Å². The zero-order valence-corrected chi connectivity index (χ0v) is 20.7. The maximum absolute atomic E-state index is 2.54. The van der Waals surface area contributed by atoms with E-state index in [1.165, 1.54) is 22.3 Å². The molecule has 0 saturated carbocycles.